The Hall–Kier alpha value is -3.17. The third-order valence-electron chi connectivity index (χ3n) is 4.68. The van der Waals surface area contributed by atoms with Gasteiger partial charge in [-0.1, -0.05) is 19.1 Å². The highest BCUT2D eigenvalue weighted by molar-refractivity contribution is 5.77. The van der Waals surface area contributed by atoms with Crippen LogP contribution in [0.4, 0.5) is 23.4 Å². The Morgan fingerprint density at radius 1 is 1.31 bits per heavy atom. The van der Waals surface area contributed by atoms with Gasteiger partial charge >= 0.3 is 6.18 Å². The van der Waals surface area contributed by atoms with Crippen molar-refractivity contribution in [3.05, 3.63) is 59.6 Å². The molecule has 0 radical (unpaired) electrons. The van der Waals surface area contributed by atoms with Crippen LogP contribution in [-0.4, -0.2) is 33.0 Å². The molecule has 0 saturated carbocycles. The van der Waals surface area contributed by atoms with Crippen LogP contribution >= 0.6 is 0 Å². The Kier molecular flexibility index (Phi) is 8.98. The van der Waals surface area contributed by atoms with Gasteiger partial charge in [-0.2, -0.15) is 18.3 Å². The topological polar surface area (TPSA) is 78.9 Å². The minimum absolute atomic E-state index is 0.119. The van der Waals surface area contributed by atoms with Crippen LogP contribution in [0.15, 0.2) is 48.2 Å². The van der Waals surface area contributed by atoms with Gasteiger partial charge in [-0.15, -0.1) is 0 Å². The normalized spacial score (nSPS) is 15.0. The van der Waals surface area contributed by atoms with Crippen molar-refractivity contribution in [3.8, 4) is 5.75 Å². The van der Waals surface area contributed by atoms with Crippen molar-refractivity contribution in [2.75, 3.05) is 12.8 Å². The molecule has 3 rings (SSSR count). The smallest absolute Gasteiger partial charge is 0.416 e. The number of nitrogen functional groups attached to an aromatic ring is 1. The number of nitrogens with zero attached hydrogens (tertiary/aromatic N) is 4. The van der Waals surface area contributed by atoms with Crippen LogP contribution < -0.4 is 10.5 Å². The summed E-state index contributed by atoms with van der Waals surface area (Å²) in [7, 11) is 1.52. The van der Waals surface area contributed by atoms with Gasteiger partial charge in [0, 0.05) is 17.8 Å². The summed E-state index contributed by atoms with van der Waals surface area (Å²) in [6.07, 6.45) is 4.46. The number of nitrogens with two attached hydrogens (primary N) is 1. The Bertz CT molecular complexity index is 969. The van der Waals surface area contributed by atoms with E-state index in [0.717, 1.165) is 49.7 Å². The summed E-state index contributed by atoms with van der Waals surface area (Å²) in [6, 6.07) is 1.69. The molecule has 1 aliphatic rings. The first-order chi connectivity index (χ1) is 15.2. The van der Waals surface area contributed by atoms with E-state index in [2.05, 4.69) is 15.1 Å². The molecule has 2 N–H and O–H groups in total. The fourth-order valence-electron chi connectivity index (χ4n) is 3.09. The quantitative estimate of drug-likeness (QED) is 0.482. The number of alkyl halides is 3. The fraction of sp³-hybridized carbons (Fsp3) is 0.409. The van der Waals surface area contributed by atoms with Crippen LogP contribution in [0.3, 0.4) is 0 Å². The third-order valence-corrected chi connectivity index (χ3v) is 4.68. The van der Waals surface area contributed by atoms with E-state index in [1.807, 2.05) is 0 Å². The number of aromatic nitrogens is 4. The highest BCUT2D eigenvalue weighted by Gasteiger charge is 2.32. The summed E-state index contributed by atoms with van der Waals surface area (Å²) < 4.78 is 60.0. The maximum Gasteiger partial charge on any atom is 0.416 e. The van der Waals surface area contributed by atoms with E-state index in [4.69, 9.17) is 10.5 Å². The van der Waals surface area contributed by atoms with Crippen LogP contribution in [0.2, 0.25) is 0 Å². The van der Waals surface area contributed by atoms with Crippen molar-refractivity contribution < 1.29 is 22.3 Å². The molecule has 6 nitrogen and oxygen atoms in total. The van der Waals surface area contributed by atoms with Gasteiger partial charge in [0.25, 0.3) is 0 Å². The van der Waals surface area contributed by atoms with E-state index in [9.17, 15) is 17.6 Å². The van der Waals surface area contributed by atoms with Crippen LogP contribution in [-0.2, 0) is 13.0 Å². The predicted molar refractivity (Wildman–Crippen MR) is 115 cm³/mol. The molecule has 10 heteroatoms. The maximum atomic E-state index is 14.2. The van der Waals surface area contributed by atoms with Gasteiger partial charge < -0.3 is 10.5 Å². The van der Waals surface area contributed by atoms with Gasteiger partial charge in [-0.05, 0) is 44.7 Å². The molecule has 3 heterocycles. The van der Waals surface area contributed by atoms with Gasteiger partial charge in [0.05, 0.1) is 24.6 Å². The van der Waals surface area contributed by atoms with Gasteiger partial charge in [0.15, 0.2) is 11.6 Å². The van der Waals surface area contributed by atoms with Crippen molar-refractivity contribution in [2.45, 2.75) is 52.3 Å². The maximum absolute atomic E-state index is 14.2. The average Bonchev–Trinajstić information content (AvgIpc) is 3.20. The number of ether oxygens (including phenoxy) is 1. The molecule has 2 aromatic rings. The number of methoxy groups -OCH3 is 1. The Labute approximate surface area is 184 Å². The van der Waals surface area contributed by atoms with Crippen LogP contribution in [0.1, 0.15) is 44.5 Å². The first-order valence-corrected chi connectivity index (χ1v) is 10.2. The molecule has 0 amide bonds. The molecule has 0 spiro atoms. The number of fused-ring (bicyclic) bond motifs is 1. The molecule has 0 bridgehead atoms. The minimum atomic E-state index is -4.52. The molecule has 32 heavy (non-hydrogen) atoms. The standard InChI is InChI=1S/C17H20F4N2.C5H7N3O/c1-3-7-12(17(19,20)21)10-14(15(18)4-2)16-11-13-8-5-6-9-23(13)22-16;1-9-4-2-7-3-8-5(4)6/h4,7,10-11H,3,5-6,8-9H2,1-2H3;2-3H,1H3,(H2,6,7,8)/b12-7-,14-10+,15-4+;. The van der Waals surface area contributed by atoms with Crippen LogP contribution in [0, 0.1) is 0 Å². The van der Waals surface area contributed by atoms with Crippen molar-refractivity contribution >= 4 is 11.4 Å². The number of allylic oxidation sites excluding steroid dienone is 6. The Balaban J connectivity index is 0.000000336. The lowest BCUT2D eigenvalue weighted by Gasteiger charge is -2.12. The predicted octanol–water partition coefficient (Wildman–Crippen LogP) is 5.44. The lowest BCUT2D eigenvalue weighted by atomic mass is 10.0. The van der Waals surface area contributed by atoms with Gasteiger partial charge in [-0.25, -0.2) is 14.4 Å². The molecule has 174 valence electrons. The first-order valence-electron chi connectivity index (χ1n) is 10.2. The first kappa shape index (κ1) is 25.1. The molecule has 0 saturated heterocycles. The minimum Gasteiger partial charge on any atom is -0.491 e. The number of halogens is 4. The Morgan fingerprint density at radius 3 is 2.59 bits per heavy atom. The largest absolute Gasteiger partial charge is 0.491 e. The zero-order valence-electron chi connectivity index (χ0n) is 18.3. The fourth-order valence-corrected chi connectivity index (χ4v) is 3.09. The lowest BCUT2D eigenvalue weighted by molar-refractivity contribution is -0.0883. The molecule has 0 atom stereocenters. The number of aryl methyl sites for hydroxylation is 2. The number of rotatable bonds is 5. The average molecular weight is 453 g/mol. The van der Waals surface area contributed by atoms with E-state index in [1.165, 1.54) is 26.6 Å². The molecular formula is C22H27F4N5O. The Morgan fingerprint density at radius 2 is 2.06 bits per heavy atom. The summed E-state index contributed by atoms with van der Waals surface area (Å²) in [6.45, 7) is 3.79. The van der Waals surface area contributed by atoms with Crippen molar-refractivity contribution in [1.29, 1.82) is 0 Å². The second-order valence-corrected chi connectivity index (χ2v) is 6.94. The summed E-state index contributed by atoms with van der Waals surface area (Å²) >= 11 is 0. The van der Waals surface area contributed by atoms with Crippen molar-refractivity contribution in [3.63, 3.8) is 0 Å². The molecule has 1 aliphatic heterocycles. The molecule has 0 aliphatic carbocycles. The van der Waals surface area contributed by atoms with E-state index in [0.29, 0.717) is 11.6 Å². The summed E-state index contributed by atoms with van der Waals surface area (Å²) in [5.41, 5.74) is 5.58. The second kappa shape index (κ2) is 11.4. The van der Waals surface area contributed by atoms with Crippen molar-refractivity contribution in [1.82, 2.24) is 19.7 Å². The summed E-state index contributed by atoms with van der Waals surface area (Å²) in [4.78, 5) is 7.39. The molecule has 2 aromatic heterocycles. The van der Waals surface area contributed by atoms with E-state index in [1.54, 1.807) is 17.7 Å². The van der Waals surface area contributed by atoms with E-state index in [-0.39, 0.29) is 17.7 Å². The summed E-state index contributed by atoms with van der Waals surface area (Å²) in [5.74, 6) is 0.178. The SMILES string of the molecule is COc1cncnc1N.C\C=C(F)/C(=C\C(=C\CC)C(F)(F)F)c1cc2n(n1)CCCC2. The molecule has 0 fully saturated rings. The lowest BCUT2D eigenvalue weighted by Crippen LogP contribution is -2.11. The summed E-state index contributed by atoms with van der Waals surface area (Å²) in [5, 5.41) is 4.29. The monoisotopic (exact) mass is 453 g/mol. The van der Waals surface area contributed by atoms with Gasteiger partial charge in [0.1, 0.15) is 12.2 Å². The zero-order chi connectivity index (χ0) is 23.7. The molecule has 0 aromatic carbocycles. The molecule has 0 unspecified atom stereocenters. The number of hydrogen-bond donors (Lipinski definition) is 1. The number of hydrogen-bond acceptors (Lipinski definition) is 5. The van der Waals surface area contributed by atoms with Crippen LogP contribution in [0.25, 0.3) is 5.57 Å². The highest BCUT2D eigenvalue weighted by atomic mass is 19.4. The van der Waals surface area contributed by atoms with Crippen LogP contribution in [0.5, 0.6) is 5.75 Å². The van der Waals surface area contributed by atoms with Crippen molar-refractivity contribution in [2.24, 2.45) is 0 Å². The third kappa shape index (κ3) is 6.66. The highest BCUT2D eigenvalue weighted by Crippen LogP contribution is 2.33. The van der Waals surface area contributed by atoms with E-state index >= 15 is 0 Å². The zero-order valence-corrected chi connectivity index (χ0v) is 18.3. The molecular weight excluding hydrogens is 426 g/mol. The number of anilines is 1. The van der Waals surface area contributed by atoms with Gasteiger partial charge in [-0.3, -0.25) is 4.68 Å². The van der Waals surface area contributed by atoms with E-state index < -0.39 is 17.6 Å². The second-order valence-electron chi connectivity index (χ2n) is 6.94. The van der Waals surface area contributed by atoms with Gasteiger partial charge in [0.2, 0.25) is 0 Å².